The minimum absolute atomic E-state index is 0.0126. The van der Waals surface area contributed by atoms with Crippen molar-refractivity contribution in [2.75, 3.05) is 5.32 Å². The Labute approximate surface area is 138 Å². The van der Waals surface area contributed by atoms with E-state index in [1.807, 2.05) is 13.0 Å². The molecule has 23 heavy (non-hydrogen) atoms. The van der Waals surface area contributed by atoms with E-state index < -0.39 is 0 Å². The van der Waals surface area contributed by atoms with Crippen LogP contribution in [0.5, 0.6) is 0 Å². The van der Waals surface area contributed by atoms with Crippen LogP contribution in [0, 0.1) is 6.92 Å². The number of carbonyl (C=O) groups is 1. The fourth-order valence-electron chi connectivity index (χ4n) is 3.34. The molecular weight excluding hydrogens is 310 g/mol. The van der Waals surface area contributed by atoms with Gasteiger partial charge >= 0.3 is 0 Å². The van der Waals surface area contributed by atoms with Crippen LogP contribution in [0.4, 0.5) is 5.00 Å². The van der Waals surface area contributed by atoms with Gasteiger partial charge in [0.1, 0.15) is 5.00 Å². The predicted molar refractivity (Wildman–Crippen MR) is 89.6 cm³/mol. The molecule has 2 aromatic rings. The van der Waals surface area contributed by atoms with E-state index in [2.05, 4.69) is 15.5 Å². The Balaban J connectivity index is 1.73. The number of rotatable bonds is 3. The fraction of sp³-hybridized carbons (Fsp3) is 0.471. The van der Waals surface area contributed by atoms with Crippen LogP contribution < -0.4 is 5.32 Å². The van der Waals surface area contributed by atoms with Crippen LogP contribution in [0.3, 0.4) is 0 Å². The zero-order valence-electron chi connectivity index (χ0n) is 13.1. The quantitative estimate of drug-likeness (QED) is 0.923. The van der Waals surface area contributed by atoms with Gasteiger partial charge in [-0.15, -0.1) is 11.3 Å². The first-order valence-corrected chi connectivity index (χ1v) is 8.99. The summed E-state index contributed by atoms with van der Waals surface area (Å²) in [5.41, 5.74) is 3.11. The van der Waals surface area contributed by atoms with Gasteiger partial charge in [0.05, 0.1) is 5.56 Å². The SMILES string of the molecule is Cc1noc(-c2c(NC(=O)C3=CCCC3)sc3c2CCCC3)n1. The van der Waals surface area contributed by atoms with Gasteiger partial charge in [0.15, 0.2) is 5.82 Å². The molecule has 0 aliphatic heterocycles. The number of carbonyl (C=O) groups excluding carboxylic acids is 1. The highest BCUT2D eigenvalue weighted by atomic mass is 32.1. The van der Waals surface area contributed by atoms with E-state index in [4.69, 9.17) is 4.52 Å². The summed E-state index contributed by atoms with van der Waals surface area (Å²) in [4.78, 5) is 18.2. The van der Waals surface area contributed by atoms with Crippen LogP contribution in [-0.4, -0.2) is 16.0 Å². The first-order valence-electron chi connectivity index (χ1n) is 8.18. The summed E-state index contributed by atoms with van der Waals surface area (Å²) in [6.45, 7) is 1.81. The Bertz CT molecular complexity index is 788. The lowest BCUT2D eigenvalue weighted by molar-refractivity contribution is -0.112. The minimum atomic E-state index is 0.0126. The highest BCUT2D eigenvalue weighted by molar-refractivity contribution is 7.17. The number of thiophene rings is 1. The summed E-state index contributed by atoms with van der Waals surface area (Å²) in [7, 11) is 0. The Morgan fingerprint density at radius 1 is 1.26 bits per heavy atom. The molecule has 0 spiro atoms. The van der Waals surface area contributed by atoms with Crippen molar-refractivity contribution in [3.05, 3.63) is 27.9 Å². The number of amides is 1. The Kier molecular flexibility index (Phi) is 3.77. The molecule has 120 valence electrons. The third-order valence-corrected chi connectivity index (χ3v) is 5.68. The molecule has 0 radical (unpaired) electrons. The summed E-state index contributed by atoms with van der Waals surface area (Å²) in [6.07, 6.45) is 9.43. The maximum atomic E-state index is 12.5. The Morgan fingerprint density at radius 2 is 2.13 bits per heavy atom. The molecule has 2 aromatic heterocycles. The Morgan fingerprint density at radius 3 is 2.87 bits per heavy atom. The lowest BCUT2D eigenvalue weighted by Gasteiger charge is -2.11. The van der Waals surface area contributed by atoms with Crippen LogP contribution >= 0.6 is 11.3 Å². The molecule has 0 aromatic carbocycles. The standard InChI is InChI=1S/C17H19N3O2S/c1-10-18-16(22-20-10)14-12-8-4-5-9-13(12)23-17(14)19-15(21)11-6-2-3-7-11/h6H,2-5,7-9H2,1H3,(H,19,21). The lowest BCUT2D eigenvalue weighted by Crippen LogP contribution is -2.13. The van der Waals surface area contributed by atoms with Crippen LogP contribution in [0.1, 0.15) is 48.4 Å². The van der Waals surface area contributed by atoms with Crippen LogP contribution in [-0.2, 0) is 17.6 Å². The Hall–Kier alpha value is -1.95. The second-order valence-electron chi connectivity index (χ2n) is 6.14. The molecule has 1 N–H and O–H groups in total. The van der Waals surface area contributed by atoms with Gasteiger partial charge in [0, 0.05) is 10.5 Å². The van der Waals surface area contributed by atoms with Gasteiger partial charge in [0.2, 0.25) is 0 Å². The molecule has 2 aliphatic rings. The number of hydrogen-bond acceptors (Lipinski definition) is 5. The minimum Gasteiger partial charge on any atom is -0.334 e. The van der Waals surface area contributed by atoms with Crippen molar-refractivity contribution in [2.45, 2.75) is 51.9 Å². The van der Waals surface area contributed by atoms with E-state index in [9.17, 15) is 4.79 Å². The molecule has 6 heteroatoms. The van der Waals surface area contributed by atoms with E-state index >= 15 is 0 Å². The number of allylic oxidation sites excluding steroid dienone is 1. The number of aryl methyl sites for hydroxylation is 2. The summed E-state index contributed by atoms with van der Waals surface area (Å²) in [6, 6.07) is 0. The number of nitrogens with zero attached hydrogens (tertiary/aromatic N) is 2. The van der Waals surface area contributed by atoms with Crippen molar-refractivity contribution in [1.29, 1.82) is 0 Å². The highest BCUT2D eigenvalue weighted by Gasteiger charge is 2.27. The molecule has 0 saturated carbocycles. The normalized spacial score (nSPS) is 17.0. The first kappa shape index (κ1) is 14.6. The van der Waals surface area contributed by atoms with Crippen molar-refractivity contribution in [3.8, 4) is 11.5 Å². The number of hydrogen-bond donors (Lipinski definition) is 1. The third kappa shape index (κ3) is 2.72. The fourth-order valence-corrected chi connectivity index (χ4v) is 4.62. The zero-order chi connectivity index (χ0) is 15.8. The molecule has 2 heterocycles. The van der Waals surface area contributed by atoms with Gasteiger partial charge in [-0.25, -0.2) is 0 Å². The second-order valence-corrected chi connectivity index (χ2v) is 7.24. The maximum absolute atomic E-state index is 12.5. The molecular formula is C17H19N3O2S. The van der Waals surface area contributed by atoms with E-state index in [-0.39, 0.29) is 5.91 Å². The molecule has 5 nitrogen and oxygen atoms in total. The lowest BCUT2D eigenvalue weighted by atomic mass is 9.95. The van der Waals surface area contributed by atoms with Gasteiger partial charge in [-0.05, 0) is 57.4 Å². The van der Waals surface area contributed by atoms with Crippen molar-refractivity contribution < 1.29 is 9.32 Å². The largest absolute Gasteiger partial charge is 0.334 e. The molecule has 4 rings (SSSR count). The summed E-state index contributed by atoms with van der Waals surface area (Å²) in [5, 5.41) is 7.87. The smallest absolute Gasteiger partial charge is 0.261 e. The molecule has 0 saturated heterocycles. The summed E-state index contributed by atoms with van der Waals surface area (Å²) in [5.74, 6) is 1.16. The maximum Gasteiger partial charge on any atom is 0.261 e. The van der Waals surface area contributed by atoms with E-state index in [1.54, 1.807) is 11.3 Å². The van der Waals surface area contributed by atoms with Gasteiger partial charge < -0.3 is 9.84 Å². The topological polar surface area (TPSA) is 68.0 Å². The van der Waals surface area contributed by atoms with Crippen LogP contribution in [0.15, 0.2) is 16.2 Å². The van der Waals surface area contributed by atoms with E-state index in [1.165, 1.54) is 23.3 Å². The number of aromatic nitrogens is 2. The predicted octanol–water partition coefficient (Wildman–Crippen LogP) is 4.03. The average Bonchev–Trinajstić information content (AvgIpc) is 3.25. The van der Waals surface area contributed by atoms with Crippen molar-refractivity contribution >= 4 is 22.2 Å². The van der Waals surface area contributed by atoms with Crippen LogP contribution in [0.25, 0.3) is 11.5 Å². The third-order valence-electron chi connectivity index (χ3n) is 4.47. The van der Waals surface area contributed by atoms with Crippen molar-refractivity contribution in [3.63, 3.8) is 0 Å². The van der Waals surface area contributed by atoms with Gasteiger partial charge in [0.25, 0.3) is 11.8 Å². The summed E-state index contributed by atoms with van der Waals surface area (Å²) >= 11 is 1.67. The van der Waals surface area contributed by atoms with E-state index in [0.717, 1.165) is 48.2 Å². The average molecular weight is 329 g/mol. The van der Waals surface area contributed by atoms with Crippen molar-refractivity contribution in [1.82, 2.24) is 10.1 Å². The number of fused-ring (bicyclic) bond motifs is 1. The van der Waals surface area contributed by atoms with Crippen LogP contribution in [0.2, 0.25) is 0 Å². The van der Waals surface area contributed by atoms with Gasteiger partial charge in [-0.2, -0.15) is 4.98 Å². The first-order chi connectivity index (χ1) is 11.2. The van der Waals surface area contributed by atoms with Gasteiger partial charge in [-0.3, -0.25) is 4.79 Å². The molecule has 1 amide bonds. The number of anilines is 1. The molecule has 0 bridgehead atoms. The zero-order valence-corrected chi connectivity index (χ0v) is 14.0. The van der Waals surface area contributed by atoms with Crippen molar-refractivity contribution in [2.24, 2.45) is 0 Å². The number of nitrogens with one attached hydrogen (secondary N) is 1. The molecule has 2 aliphatic carbocycles. The molecule has 0 unspecified atom stereocenters. The monoisotopic (exact) mass is 329 g/mol. The molecule has 0 fully saturated rings. The summed E-state index contributed by atoms with van der Waals surface area (Å²) < 4.78 is 5.40. The van der Waals surface area contributed by atoms with E-state index in [0.29, 0.717) is 11.7 Å². The highest BCUT2D eigenvalue weighted by Crippen LogP contribution is 2.43. The second kappa shape index (κ2) is 5.92. The molecule has 0 atom stereocenters. The van der Waals surface area contributed by atoms with Gasteiger partial charge in [-0.1, -0.05) is 11.2 Å².